The van der Waals surface area contributed by atoms with E-state index in [1.165, 1.54) is 26.2 Å². The standard InChI is InChI=1S/C17H33N5.HI/c1-14(2)16(22-11-9-21(4)10-12-22)13-19-17(18-3)20-15-7-5-6-8-15;/h5-6,14-16H,7-13H2,1-4H3,(H2,18,19,20);1H. The van der Waals surface area contributed by atoms with E-state index in [1.807, 2.05) is 7.05 Å². The molecule has 0 aromatic rings. The topological polar surface area (TPSA) is 42.9 Å². The summed E-state index contributed by atoms with van der Waals surface area (Å²) in [6.07, 6.45) is 6.69. The van der Waals surface area contributed by atoms with Gasteiger partial charge in [0.05, 0.1) is 0 Å². The Hall–Kier alpha value is -0.340. The average molecular weight is 435 g/mol. The Morgan fingerprint density at radius 1 is 1.17 bits per heavy atom. The van der Waals surface area contributed by atoms with Crippen LogP contribution in [0.4, 0.5) is 0 Å². The molecule has 0 spiro atoms. The fourth-order valence-electron chi connectivity index (χ4n) is 3.26. The lowest BCUT2D eigenvalue weighted by Crippen LogP contribution is -2.55. The van der Waals surface area contributed by atoms with Crippen molar-refractivity contribution in [2.45, 2.75) is 38.8 Å². The first-order valence-corrected chi connectivity index (χ1v) is 8.65. The van der Waals surface area contributed by atoms with Crippen LogP contribution in [0.5, 0.6) is 0 Å². The van der Waals surface area contributed by atoms with E-state index < -0.39 is 0 Å². The number of hydrogen-bond acceptors (Lipinski definition) is 3. The molecule has 5 nitrogen and oxygen atoms in total. The molecule has 1 aliphatic heterocycles. The SMILES string of the molecule is CN=C(NCC(C(C)C)N1CCN(C)CC1)NC1CC=CC1.I. The molecular weight excluding hydrogens is 401 g/mol. The van der Waals surface area contributed by atoms with Crippen molar-refractivity contribution < 1.29 is 0 Å². The molecule has 1 fully saturated rings. The van der Waals surface area contributed by atoms with Crippen LogP contribution < -0.4 is 10.6 Å². The van der Waals surface area contributed by atoms with Gasteiger partial charge in [-0.05, 0) is 25.8 Å². The maximum atomic E-state index is 4.38. The Kier molecular flexibility index (Phi) is 9.46. The fraction of sp³-hybridized carbons (Fsp3) is 0.824. The summed E-state index contributed by atoms with van der Waals surface area (Å²) in [6.45, 7) is 10.3. The molecule has 1 saturated heterocycles. The van der Waals surface area contributed by atoms with Gasteiger partial charge < -0.3 is 15.5 Å². The summed E-state index contributed by atoms with van der Waals surface area (Å²) in [6, 6.07) is 1.07. The zero-order valence-corrected chi connectivity index (χ0v) is 17.4. The molecule has 134 valence electrons. The molecule has 0 amide bonds. The van der Waals surface area contributed by atoms with Gasteiger partial charge in [-0.1, -0.05) is 26.0 Å². The summed E-state index contributed by atoms with van der Waals surface area (Å²) in [5, 5.41) is 7.06. The molecule has 1 heterocycles. The number of likely N-dealkylation sites (N-methyl/N-ethyl adjacent to an activating group) is 1. The molecule has 23 heavy (non-hydrogen) atoms. The zero-order chi connectivity index (χ0) is 15.9. The third-order valence-electron chi connectivity index (χ3n) is 4.83. The Morgan fingerprint density at radius 2 is 1.78 bits per heavy atom. The first-order chi connectivity index (χ1) is 10.6. The van der Waals surface area contributed by atoms with E-state index in [0.717, 1.165) is 25.3 Å². The van der Waals surface area contributed by atoms with Crippen molar-refractivity contribution in [3.8, 4) is 0 Å². The van der Waals surface area contributed by atoms with Crippen molar-refractivity contribution in [2.24, 2.45) is 10.9 Å². The summed E-state index contributed by atoms with van der Waals surface area (Å²) < 4.78 is 0. The molecule has 0 radical (unpaired) electrons. The molecule has 0 aromatic carbocycles. The second-order valence-electron chi connectivity index (χ2n) is 6.89. The molecule has 1 atom stereocenters. The molecule has 0 bridgehead atoms. The van der Waals surface area contributed by atoms with Crippen molar-refractivity contribution in [1.29, 1.82) is 0 Å². The van der Waals surface area contributed by atoms with Crippen molar-refractivity contribution in [3.05, 3.63) is 12.2 Å². The van der Waals surface area contributed by atoms with Crippen LogP contribution in [0.1, 0.15) is 26.7 Å². The quantitative estimate of drug-likeness (QED) is 0.299. The fourth-order valence-corrected chi connectivity index (χ4v) is 3.26. The van der Waals surface area contributed by atoms with Crippen molar-refractivity contribution >= 4 is 29.9 Å². The maximum Gasteiger partial charge on any atom is 0.191 e. The van der Waals surface area contributed by atoms with Crippen LogP contribution in [-0.4, -0.2) is 74.7 Å². The molecule has 1 unspecified atom stereocenters. The van der Waals surface area contributed by atoms with Crippen LogP contribution in [0.2, 0.25) is 0 Å². The van der Waals surface area contributed by atoms with Crippen molar-refractivity contribution in [1.82, 2.24) is 20.4 Å². The van der Waals surface area contributed by atoms with Crippen LogP contribution in [0.3, 0.4) is 0 Å². The molecule has 6 heteroatoms. The first-order valence-electron chi connectivity index (χ1n) is 8.65. The Labute approximate surface area is 159 Å². The molecule has 2 N–H and O–H groups in total. The summed E-state index contributed by atoms with van der Waals surface area (Å²) >= 11 is 0. The van der Waals surface area contributed by atoms with E-state index in [4.69, 9.17) is 0 Å². The van der Waals surface area contributed by atoms with Gasteiger partial charge in [0.25, 0.3) is 0 Å². The highest BCUT2D eigenvalue weighted by molar-refractivity contribution is 14.0. The van der Waals surface area contributed by atoms with Gasteiger partial charge in [-0.15, -0.1) is 24.0 Å². The van der Waals surface area contributed by atoms with Crippen LogP contribution in [0, 0.1) is 5.92 Å². The monoisotopic (exact) mass is 435 g/mol. The molecule has 1 aliphatic carbocycles. The number of halogens is 1. The van der Waals surface area contributed by atoms with Crippen molar-refractivity contribution in [3.63, 3.8) is 0 Å². The molecule has 2 rings (SSSR count). The largest absolute Gasteiger partial charge is 0.355 e. The minimum atomic E-state index is 0. The normalized spacial score (nSPS) is 22.2. The van der Waals surface area contributed by atoms with E-state index in [0.29, 0.717) is 18.0 Å². The molecular formula is C17H34IN5. The summed E-state index contributed by atoms with van der Waals surface area (Å²) in [4.78, 5) is 9.42. The van der Waals surface area contributed by atoms with Gasteiger partial charge in [0.2, 0.25) is 0 Å². The Morgan fingerprint density at radius 3 is 2.30 bits per heavy atom. The minimum absolute atomic E-state index is 0. The molecule has 0 aromatic heterocycles. The molecule has 0 saturated carbocycles. The number of hydrogen-bond donors (Lipinski definition) is 2. The Balaban J connectivity index is 0.00000264. The maximum absolute atomic E-state index is 4.38. The van der Waals surface area contributed by atoms with Gasteiger partial charge in [0.15, 0.2) is 5.96 Å². The second-order valence-corrected chi connectivity index (χ2v) is 6.89. The number of nitrogens with zero attached hydrogens (tertiary/aromatic N) is 3. The van der Waals surface area contributed by atoms with Crippen LogP contribution in [0.15, 0.2) is 17.1 Å². The van der Waals surface area contributed by atoms with Gasteiger partial charge in [-0.2, -0.15) is 0 Å². The Bertz CT molecular complexity index is 380. The van der Waals surface area contributed by atoms with Crippen LogP contribution >= 0.6 is 24.0 Å². The number of rotatable bonds is 5. The van der Waals surface area contributed by atoms with E-state index in [2.05, 4.69) is 58.5 Å². The van der Waals surface area contributed by atoms with Gasteiger partial charge in [0, 0.05) is 51.9 Å². The van der Waals surface area contributed by atoms with Crippen molar-refractivity contribution in [2.75, 3.05) is 46.8 Å². The number of piperazine rings is 1. The molecule has 2 aliphatic rings. The number of aliphatic imine (C=N–C) groups is 1. The third-order valence-corrected chi connectivity index (χ3v) is 4.83. The lowest BCUT2D eigenvalue weighted by atomic mass is 10.0. The lowest BCUT2D eigenvalue weighted by Gasteiger charge is -2.40. The zero-order valence-electron chi connectivity index (χ0n) is 15.1. The lowest BCUT2D eigenvalue weighted by molar-refractivity contribution is 0.0899. The predicted molar refractivity (Wildman–Crippen MR) is 110 cm³/mol. The van der Waals surface area contributed by atoms with Crippen LogP contribution in [0.25, 0.3) is 0 Å². The highest BCUT2D eigenvalue weighted by Gasteiger charge is 2.25. The second kappa shape index (κ2) is 10.5. The average Bonchev–Trinajstić information content (AvgIpc) is 3.00. The van der Waals surface area contributed by atoms with E-state index in [1.54, 1.807) is 0 Å². The highest BCUT2D eigenvalue weighted by Crippen LogP contribution is 2.13. The minimum Gasteiger partial charge on any atom is -0.355 e. The summed E-state index contributed by atoms with van der Waals surface area (Å²) in [7, 11) is 4.07. The van der Waals surface area contributed by atoms with Gasteiger partial charge in [0.1, 0.15) is 0 Å². The van der Waals surface area contributed by atoms with Gasteiger partial charge >= 0.3 is 0 Å². The predicted octanol–water partition coefficient (Wildman–Crippen LogP) is 1.76. The van der Waals surface area contributed by atoms with Gasteiger partial charge in [-0.25, -0.2) is 0 Å². The number of guanidine groups is 1. The summed E-state index contributed by atoms with van der Waals surface area (Å²) in [5.41, 5.74) is 0. The first kappa shape index (κ1) is 20.7. The number of nitrogens with one attached hydrogen (secondary N) is 2. The van der Waals surface area contributed by atoms with Gasteiger partial charge in [-0.3, -0.25) is 9.89 Å². The smallest absolute Gasteiger partial charge is 0.191 e. The highest BCUT2D eigenvalue weighted by atomic mass is 127. The van der Waals surface area contributed by atoms with Crippen LogP contribution in [-0.2, 0) is 0 Å². The van der Waals surface area contributed by atoms with E-state index in [-0.39, 0.29) is 24.0 Å². The summed E-state index contributed by atoms with van der Waals surface area (Å²) in [5.74, 6) is 1.58. The van der Waals surface area contributed by atoms with E-state index in [9.17, 15) is 0 Å². The van der Waals surface area contributed by atoms with E-state index >= 15 is 0 Å². The third kappa shape index (κ3) is 6.58.